The number of hydrogen-bond donors (Lipinski definition) is 1. The molecule has 0 atom stereocenters. The highest BCUT2D eigenvalue weighted by Gasteiger charge is 2.23. The number of ether oxygens (including phenoxy) is 1. The summed E-state index contributed by atoms with van der Waals surface area (Å²) in [6.45, 7) is 1.31. The van der Waals surface area contributed by atoms with Crippen molar-refractivity contribution >= 4 is 0 Å². The number of hydrogen-bond acceptors (Lipinski definition) is 3. The van der Waals surface area contributed by atoms with Crippen LogP contribution < -0.4 is 5.73 Å². The maximum atomic E-state index is 13.7. The smallest absolute Gasteiger partial charge is 0.148 e. The lowest BCUT2D eigenvalue weighted by Gasteiger charge is -2.05. The Balaban J connectivity index is 2.19. The Bertz CT molecular complexity index is 565. The van der Waals surface area contributed by atoms with Crippen LogP contribution in [0, 0.1) is 5.82 Å². The first-order valence-corrected chi connectivity index (χ1v) is 5.43. The van der Waals surface area contributed by atoms with Crippen molar-refractivity contribution in [3.63, 3.8) is 0 Å². The van der Waals surface area contributed by atoms with Crippen LogP contribution in [0.1, 0.15) is 17.0 Å². The highest BCUT2D eigenvalue weighted by Crippen LogP contribution is 2.26. The number of fused-ring (bicyclic) bond motifs is 1. The lowest BCUT2D eigenvalue weighted by atomic mass is 10.2. The summed E-state index contributed by atoms with van der Waals surface area (Å²) in [5.41, 5.74) is 8.74. The van der Waals surface area contributed by atoms with Crippen molar-refractivity contribution in [1.82, 2.24) is 9.78 Å². The molecule has 4 nitrogen and oxygen atoms in total. The number of nitrogens with two attached hydrogens (primary N) is 1. The Morgan fingerprint density at radius 3 is 2.94 bits per heavy atom. The maximum Gasteiger partial charge on any atom is 0.148 e. The molecular formula is C12H12FN3O. The fourth-order valence-corrected chi connectivity index (χ4v) is 2.09. The van der Waals surface area contributed by atoms with E-state index < -0.39 is 0 Å². The van der Waals surface area contributed by atoms with Crippen molar-refractivity contribution in [3.05, 3.63) is 47.0 Å². The fourth-order valence-electron chi connectivity index (χ4n) is 2.09. The van der Waals surface area contributed by atoms with Gasteiger partial charge in [0, 0.05) is 12.1 Å². The first-order valence-electron chi connectivity index (χ1n) is 5.43. The maximum absolute atomic E-state index is 13.7. The second-order valence-electron chi connectivity index (χ2n) is 3.93. The minimum atomic E-state index is -0.298. The third-order valence-corrected chi connectivity index (χ3v) is 2.93. The van der Waals surface area contributed by atoms with Gasteiger partial charge in [-0.3, -0.25) is 0 Å². The molecule has 88 valence electrons. The van der Waals surface area contributed by atoms with Gasteiger partial charge in [-0.05, 0) is 12.1 Å². The van der Waals surface area contributed by atoms with E-state index in [9.17, 15) is 4.39 Å². The average molecular weight is 233 g/mol. The van der Waals surface area contributed by atoms with Gasteiger partial charge in [0.15, 0.2) is 0 Å². The molecule has 1 aromatic carbocycles. The number of benzene rings is 1. The molecule has 1 aliphatic rings. The molecule has 1 aliphatic heterocycles. The van der Waals surface area contributed by atoms with Gasteiger partial charge in [0.1, 0.15) is 11.5 Å². The molecule has 0 saturated heterocycles. The van der Waals surface area contributed by atoms with Gasteiger partial charge < -0.3 is 10.5 Å². The van der Waals surface area contributed by atoms with E-state index in [0.717, 1.165) is 17.0 Å². The SMILES string of the molecule is NCc1nn(-c2ccccc2F)c2c1COC2. The molecule has 0 unspecified atom stereocenters. The number of halogens is 1. The Labute approximate surface area is 97.8 Å². The van der Waals surface area contributed by atoms with Crippen molar-refractivity contribution in [2.75, 3.05) is 0 Å². The van der Waals surface area contributed by atoms with E-state index in [0.29, 0.717) is 25.4 Å². The molecule has 0 spiro atoms. The van der Waals surface area contributed by atoms with E-state index in [1.54, 1.807) is 22.9 Å². The second-order valence-corrected chi connectivity index (χ2v) is 3.93. The van der Waals surface area contributed by atoms with Crippen LogP contribution in [0.25, 0.3) is 5.69 Å². The van der Waals surface area contributed by atoms with Gasteiger partial charge in [-0.15, -0.1) is 0 Å². The Hall–Kier alpha value is -1.72. The van der Waals surface area contributed by atoms with Crippen LogP contribution in [0.5, 0.6) is 0 Å². The zero-order valence-corrected chi connectivity index (χ0v) is 9.19. The van der Waals surface area contributed by atoms with Gasteiger partial charge in [0.2, 0.25) is 0 Å². The van der Waals surface area contributed by atoms with Gasteiger partial charge in [-0.2, -0.15) is 5.10 Å². The molecule has 3 rings (SSSR count). The van der Waals surface area contributed by atoms with Gasteiger partial charge in [-0.1, -0.05) is 12.1 Å². The molecule has 0 amide bonds. The normalized spacial score (nSPS) is 14.0. The second kappa shape index (κ2) is 3.94. The van der Waals surface area contributed by atoms with Crippen molar-refractivity contribution < 1.29 is 9.13 Å². The number of rotatable bonds is 2. The highest BCUT2D eigenvalue weighted by atomic mass is 19.1. The summed E-state index contributed by atoms with van der Waals surface area (Å²) < 4.78 is 20.7. The van der Waals surface area contributed by atoms with E-state index in [4.69, 9.17) is 10.5 Å². The van der Waals surface area contributed by atoms with E-state index >= 15 is 0 Å². The van der Waals surface area contributed by atoms with Crippen LogP contribution in [-0.4, -0.2) is 9.78 Å². The minimum Gasteiger partial charge on any atom is -0.370 e. The zero-order valence-electron chi connectivity index (χ0n) is 9.19. The van der Waals surface area contributed by atoms with Crippen LogP contribution in [0.2, 0.25) is 0 Å². The Morgan fingerprint density at radius 2 is 2.18 bits per heavy atom. The molecule has 2 aromatic rings. The van der Waals surface area contributed by atoms with Crippen molar-refractivity contribution in [2.24, 2.45) is 5.73 Å². The predicted molar refractivity (Wildman–Crippen MR) is 59.9 cm³/mol. The van der Waals surface area contributed by atoms with Crippen LogP contribution in [0.3, 0.4) is 0 Å². The molecule has 0 radical (unpaired) electrons. The predicted octanol–water partition coefficient (Wildman–Crippen LogP) is 1.50. The lowest BCUT2D eigenvalue weighted by Crippen LogP contribution is -2.05. The van der Waals surface area contributed by atoms with Gasteiger partial charge in [-0.25, -0.2) is 9.07 Å². The Kier molecular flexibility index (Phi) is 2.42. The summed E-state index contributed by atoms with van der Waals surface area (Å²) in [5, 5.41) is 4.35. The molecule has 2 heterocycles. The number of para-hydroxylation sites is 1. The summed E-state index contributed by atoms with van der Waals surface area (Å²) in [7, 11) is 0. The molecule has 5 heteroatoms. The van der Waals surface area contributed by atoms with E-state index in [1.165, 1.54) is 6.07 Å². The first-order chi connectivity index (χ1) is 8.31. The third kappa shape index (κ3) is 1.55. The topological polar surface area (TPSA) is 53.1 Å². The fraction of sp³-hybridized carbons (Fsp3) is 0.250. The largest absolute Gasteiger partial charge is 0.370 e. The summed E-state index contributed by atoms with van der Waals surface area (Å²) >= 11 is 0. The number of aromatic nitrogens is 2. The summed E-state index contributed by atoms with van der Waals surface area (Å²) in [5.74, 6) is -0.298. The molecule has 17 heavy (non-hydrogen) atoms. The highest BCUT2D eigenvalue weighted by molar-refractivity contribution is 5.39. The molecule has 0 aliphatic carbocycles. The van der Waals surface area contributed by atoms with Gasteiger partial charge >= 0.3 is 0 Å². The van der Waals surface area contributed by atoms with Crippen molar-refractivity contribution in [1.29, 1.82) is 0 Å². The van der Waals surface area contributed by atoms with Crippen LogP contribution >= 0.6 is 0 Å². The van der Waals surface area contributed by atoms with Crippen molar-refractivity contribution in [3.8, 4) is 5.69 Å². The number of nitrogens with zero attached hydrogens (tertiary/aromatic N) is 2. The van der Waals surface area contributed by atoms with E-state index in [1.807, 2.05) is 0 Å². The average Bonchev–Trinajstić information content (AvgIpc) is 2.91. The Morgan fingerprint density at radius 1 is 1.35 bits per heavy atom. The zero-order chi connectivity index (χ0) is 11.8. The quantitative estimate of drug-likeness (QED) is 0.855. The van der Waals surface area contributed by atoms with E-state index in [-0.39, 0.29) is 5.82 Å². The first kappa shape index (κ1) is 10.4. The minimum absolute atomic E-state index is 0.298. The molecular weight excluding hydrogens is 221 g/mol. The van der Waals surface area contributed by atoms with Crippen LogP contribution in [0.4, 0.5) is 4.39 Å². The molecule has 2 N–H and O–H groups in total. The molecule has 1 aromatic heterocycles. The lowest BCUT2D eigenvalue weighted by molar-refractivity contribution is 0.130. The molecule has 0 saturated carbocycles. The third-order valence-electron chi connectivity index (χ3n) is 2.93. The molecule has 0 fully saturated rings. The summed E-state index contributed by atoms with van der Waals surface area (Å²) in [6, 6.07) is 6.55. The van der Waals surface area contributed by atoms with Crippen LogP contribution in [-0.2, 0) is 24.5 Å². The van der Waals surface area contributed by atoms with Crippen molar-refractivity contribution in [2.45, 2.75) is 19.8 Å². The van der Waals surface area contributed by atoms with E-state index in [2.05, 4.69) is 5.10 Å². The monoisotopic (exact) mass is 233 g/mol. The van der Waals surface area contributed by atoms with Crippen LogP contribution in [0.15, 0.2) is 24.3 Å². The van der Waals surface area contributed by atoms with Gasteiger partial charge in [0.05, 0.1) is 24.6 Å². The summed E-state index contributed by atoms with van der Waals surface area (Å²) in [4.78, 5) is 0. The standard InChI is InChI=1S/C12H12FN3O/c13-9-3-1-2-4-11(9)16-12-7-17-6-8(12)10(5-14)15-16/h1-4H,5-7,14H2. The van der Waals surface area contributed by atoms with Gasteiger partial charge in [0.25, 0.3) is 0 Å². The summed E-state index contributed by atoms with van der Waals surface area (Å²) in [6.07, 6.45) is 0. The molecule has 0 bridgehead atoms.